The number of nitrogens with zero attached hydrogens (tertiary/aromatic N) is 1. The van der Waals surface area contributed by atoms with Gasteiger partial charge in [0.1, 0.15) is 0 Å². The van der Waals surface area contributed by atoms with Crippen LogP contribution in [0.3, 0.4) is 0 Å². The lowest BCUT2D eigenvalue weighted by molar-refractivity contribution is 0.169. The second kappa shape index (κ2) is 6.35. The molecule has 0 aliphatic carbocycles. The first kappa shape index (κ1) is 13.6. The molecule has 1 aromatic carbocycles. The van der Waals surface area contributed by atoms with Gasteiger partial charge in [-0.1, -0.05) is 45.0 Å². The Morgan fingerprint density at radius 1 is 1.17 bits per heavy atom. The molecule has 1 saturated heterocycles. The molecule has 1 atom stereocenters. The molecule has 1 aliphatic heterocycles. The van der Waals surface area contributed by atoms with E-state index < -0.39 is 0 Å². The molecule has 18 heavy (non-hydrogen) atoms. The molecule has 0 radical (unpaired) electrons. The van der Waals surface area contributed by atoms with Crippen molar-refractivity contribution in [3.63, 3.8) is 0 Å². The molecule has 1 aromatic rings. The zero-order valence-electron chi connectivity index (χ0n) is 11.9. The highest BCUT2D eigenvalue weighted by Crippen LogP contribution is 2.27. The van der Waals surface area contributed by atoms with Crippen molar-refractivity contribution in [1.82, 2.24) is 10.2 Å². The van der Waals surface area contributed by atoms with Gasteiger partial charge in [-0.25, -0.2) is 0 Å². The van der Waals surface area contributed by atoms with Crippen molar-refractivity contribution < 1.29 is 0 Å². The summed E-state index contributed by atoms with van der Waals surface area (Å²) in [5, 5.41) is 3.43. The van der Waals surface area contributed by atoms with E-state index in [0.29, 0.717) is 12.0 Å². The molecule has 2 nitrogen and oxygen atoms in total. The molecule has 0 spiro atoms. The van der Waals surface area contributed by atoms with Crippen LogP contribution in [-0.2, 0) is 0 Å². The second-order valence-corrected chi connectivity index (χ2v) is 5.53. The summed E-state index contributed by atoms with van der Waals surface area (Å²) < 4.78 is 0. The first-order chi connectivity index (χ1) is 8.72. The summed E-state index contributed by atoms with van der Waals surface area (Å²) >= 11 is 0. The van der Waals surface area contributed by atoms with Crippen molar-refractivity contribution >= 4 is 0 Å². The van der Waals surface area contributed by atoms with Crippen LogP contribution in [0.5, 0.6) is 0 Å². The van der Waals surface area contributed by atoms with Gasteiger partial charge in [-0.3, -0.25) is 4.90 Å². The topological polar surface area (TPSA) is 15.3 Å². The molecule has 1 aliphatic rings. The predicted molar refractivity (Wildman–Crippen MR) is 78.0 cm³/mol. The van der Waals surface area contributed by atoms with Crippen LogP contribution in [0, 0.1) is 0 Å². The van der Waals surface area contributed by atoms with Gasteiger partial charge < -0.3 is 5.32 Å². The molecule has 1 N–H and O–H groups in total. The maximum atomic E-state index is 3.43. The molecule has 0 saturated carbocycles. The van der Waals surface area contributed by atoms with E-state index in [4.69, 9.17) is 0 Å². The van der Waals surface area contributed by atoms with Crippen molar-refractivity contribution in [1.29, 1.82) is 0 Å². The van der Waals surface area contributed by atoms with Crippen molar-refractivity contribution in [3.05, 3.63) is 35.4 Å². The van der Waals surface area contributed by atoms with E-state index in [9.17, 15) is 0 Å². The summed E-state index contributed by atoms with van der Waals surface area (Å²) in [6, 6.07) is 9.75. The standard InChI is InChI=1S/C16H26N2/c1-4-16(18-10-8-17-9-11-18)15-7-5-6-14(12-15)13(2)3/h5-7,12-13,16-17H,4,8-11H2,1-3H3. The molecular formula is C16H26N2. The van der Waals surface area contributed by atoms with Gasteiger partial charge in [-0.05, 0) is 23.5 Å². The van der Waals surface area contributed by atoms with Gasteiger partial charge in [-0.15, -0.1) is 0 Å². The molecule has 100 valence electrons. The minimum Gasteiger partial charge on any atom is -0.314 e. The highest BCUT2D eigenvalue weighted by Gasteiger charge is 2.20. The summed E-state index contributed by atoms with van der Waals surface area (Å²) in [7, 11) is 0. The maximum absolute atomic E-state index is 3.43. The van der Waals surface area contributed by atoms with Gasteiger partial charge in [0.2, 0.25) is 0 Å². The Bertz CT molecular complexity index is 367. The second-order valence-electron chi connectivity index (χ2n) is 5.53. The Morgan fingerprint density at radius 2 is 1.83 bits per heavy atom. The molecule has 0 aromatic heterocycles. The van der Waals surface area contributed by atoms with Gasteiger partial charge >= 0.3 is 0 Å². The Labute approximate surface area is 111 Å². The van der Waals surface area contributed by atoms with Crippen molar-refractivity contribution in [2.24, 2.45) is 0 Å². The molecule has 2 rings (SSSR count). The van der Waals surface area contributed by atoms with E-state index in [-0.39, 0.29) is 0 Å². The number of hydrogen-bond donors (Lipinski definition) is 1. The predicted octanol–water partition coefficient (Wildman–Crippen LogP) is 3.17. The molecular weight excluding hydrogens is 220 g/mol. The fraction of sp³-hybridized carbons (Fsp3) is 0.625. The quantitative estimate of drug-likeness (QED) is 0.878. The summed E-state index contributed by atoms with van der Waals surface area (Å²) in [4.78, 5) is 2.62. The van der Waals surface area contributed by atoms with Gasteiger partial charge in [-0.2, -0.15) is 0 Å². The van der Waals surface area contributed by atoms with Gasteiger partial charge in [0.25, 0.3) is 0 Å². The average Bonchev–Trinajstić information content (AvgIpc) is 2.41. The van der Waals surface area contributed by atoms with Crippen LogP contribution in [0.2, 0.25) is 0 Å². The fourth-order valence-electron chi connectivity index (χ4n) is 2.82. The number of benzene rings is 1. The molecule has 0 bridgehead atoms. The first-order valence-electron chi connectivity index (χ1n) is 7.27. The molecule has 0 amide bonds. The Kier molecular flexibility index (Phi) is 4.79. The minimum atomic E-state index is 0.589. The lowest BCUT2D eigenvalue weighted by Crippen LogP contribution is -2.45. The van der Waals surface area contributed by atoms with E-state index in [1.807, 2.05) is 0 Å². The van der Waals surface area contributed by atoms with Gasteiger partial charge in [0.05, 0.1) is 0 Å². The van der Waals surface area contributed by atoms with Crippen molar-refractivity contribution in [3.8, 4) is 0 Å². The smallest absolute Gasteiger partial charge is 0.0346 e. The largest absolute Gasteiger partial charge is 0.314 e. The summed E-state index contributed by atoms with van der Waals surface area (Å²) in [5.74, 6) is 0.616. The van der Waals surface area contributed by atoms with Crippen LogP contribution in [0.15, 0.2) is 24.3 Å². The highest BCUT2D eigenvalue weighted by molar-refractivity contribution is 5.28. The van der Waals surface area contributed by atoms with Crippen LogP contribution >= 0.6 is 0 Å². The Morgan fingerprint density at radius 3 is 2.44 bits per heavy atom. The molecule has 1 unspecified atom stereocenters. The van der Waals surface area contributed by atoms with E-state index in [1.165, 1.54) is 30.6 Å². The van der Waals surface area contributed by atoms with E-state index in [1.54, 1.807) is 0 Å². The summed E-state index contributed by atoms with van der Waals surface area (Å²) in [6.45, 7) is 11.4. The van der Waals surface area contributed by atoms with E-state index >= 15 is 0 Å². The van der Waals surface area contributed by atoms with Gasteiger partial charge in [0.15, 0.2) is 0 Å². The number of piperazine rings is 1. The third-order valence-corrected chi connectivity index (χ3v) is 3.94. The number of hydrogen-bond acceptors (Lipinski definition) is 2. The van der Waals surface area contributed by atoms with E-state index in [0.717, 1.165) is 13.1 Å². The number of nitrogens with one attached hydrogen (secondary N) is 1. The lowest BCUT2D eigenvalue weighted by atomic mass is 9.95. The highest BCUT2D eigenvalue weighted by atomic mass is 15.2. The summed E-state index contributed by atoms with van der Waals surface area (Å²) in [6.07, 6.45) is 1.20. The van der Waals surface area contributed by atoms with Crippen molar-refractivity contribution in [2.45, 2.75) is 39.2 Å². The molecule has 2 heteroatoms. The van der Waals surface area contributed by atoms with Crippen LogP contribution < -0.4 is 5.32 Å². The SMILES string of the molecule is CCC(c1cccc(C(C)C)c1)N1CCNCC1. The fourth-order valence-corrected chi connectivity index (χ4v) is 2.82. The maximum Gasteiger partial charge on any atom is 0.0346 e. The Balaban J connectivity index is 2.18. The van der Waals surface area contributed by atoms with Crippen LogP contribution in [-0.4, -0.2) is 31.1 Å². The monoisotopic (exact) mass is 246 g/mol. The van der Waals surface area contributed by atoms with Gasteiger partial charge in [0, 0.05) is 32.2 Å². The third-order valence-electron chi connectivity index (χ3n) is 3.94. The van der Waals surface area contributed by atoms with E-state index in [2.05, 4.69) is 55.3 Å². The molecule has 1 fully saturated rings. The summed E-state index contributed by atoms with van der Waals surface area (Å²) in [5.41, 5.74) is 2.95. The normalized spacial score (nSPS) is 19.1. The Hall–Kier alpha value is -0.860. The molecule has 1 heterocycles. The van der Waals surface area contributed by atoms with Crippen LogP contribution in [0.4, 0.5) is 0 Å². The lowest BCUT2D eigenvalue weighted by Gasteiger charge is -2.35. The zero-order valence-corrected chi connectivity index (χ0v) is 11.9. The first-order valence-corrected chi connectivity index (χ1v) is 7.27. The number of rotatable bonds is 4. The average molecular weight is 246 g/mol. The van der Waals surface area contributed by atoms with Crippen LogP contribution in [0.1, 0.15) is 50.3 Å². The minimum absolute atomic E-state index is 0.589. The third kappa shape index (κ3) is 3.12. The van der Waals surface area contributed by atoms with Crippen LogP contribution in [0.25, 0.3) is 0 Å². The zero-order chi connectivity index (χ0) is 13.0. The van der Waals surface area contributed by atoms with Crippen molar-refractivity contribution in [2.75, 3.05) is 26.2 Å².